The van der Waals surface area contributed by atoms with Gasteiger partial charge in [-0.25, -0.2) is 4.39 Å². The molecule has 2 aliphatic rings. The number of rotatable bonds is 5. The van der Waals surface area contributed by atoms with Gasteiger partial charge in [0, 0.05) is 12.1 Å². The Kier molecular flexibility index (Phi) is 5.67. The number of hydrogen-bond acceptors (Lipinski definition) is 5. The quantitative estimate of drug-likeness (QED) is 0.675. The van der Waals surface area contributed by atoms with E-state index in [1.165, 1.54) is 6.07 Å². The molecule has 0 saturated carbocycles. The molecule has 0 aliphatic carbocycles. The lowest BCUT2D eigenvalue weighted by atomic mass is 9.89. The van der Waals surface area contributed by atoms with Gasteiger partial charge in [-0.3, -0.25) is 24.6 Å². The zero-order valence-electron chi connectivity index (χ0n) is 14.3. The summed E-state index contributed by atoms with van der Waals surface area (Å²) in [6.07, 6.45) is 1.75. The van der Waals surface area contributed by atoms with Crippen LogP contribution in [0.1, 0.15) is 30.7 Å². The predicted molar refractivity (Wildman–Crippen MR) is 94.8 cm³/mol. The minimum absolute atomic E-state index is 0.0212. The summed E-state index contributed by atoms with van der Waals surface area (Å²) in [5.74, 6) is -1.36. The van der Waals surface area contributed by atoms with Gasteiger partial charge in [-0.15, -0.1) is 0 Å². The fourth-order valence-electron chi connectivity index (χ4n) is 3.44. The number of carbonyl (C=O) groups excluding carboxylic acids is 2. The van der Waals surface area contributed by atoms with Gasteiger partial charge in [-0.05, 0) is 55.6 Å². The molecule has 3 N–H and O–H groups in total. The van der Waals surface area contributed by atoms with Crippen molar-refractivity contribution < 1.29 is 23.9 Å². The Morgan fingerprint density at radius 2 is 2.08 bits per heavy atom. The van der Waals surface area contributed by atoms with Gasteiger partial charge >= 0.3 is 5.97 Å². The number of piperidine rings is 1. The summed E-state index contributed by atoms with van der Waals surface area (Å²) >= 11 is 0. The van der Waals surface area contributed by atoms with Crippen molar-refractivity contribution in [2.24, 2.45) is 0 Å². The fraction of sp³-hybridized carbons (Fsp3) is 0.471. The van der Waals surface area contributed by atoms with Gasteiger partial charge in [-0.1, -0.05) is 6.07 Å². The number of likely N-dealkylation sites (tertiary alicyclic amines) is 1. The van der Waals surface area contributed by atoms with Crippen LogP contribution >= 0.6 is 0 Å². The monoisotopic (exact) mass is 378 g/mol. The lowest BCUT2D eigenvalue weighted by molar-refractivity contribution is -0.138. The molecular formula is C17H21FN3O4Si. The van der Waals surface area contributed by atoms with Gasteiger partial charge in [0.15, 0.2) is 0 Å². The highest BCUT2D eigenvalue weighted by molar-refractivity contribution is 6.93. The molecule has 1 aromatic rings. The van der Waals surface area contributed by atoms with Crippen molar-refractivity contribution in [2.45, 2.75) is 31.2 Å². The Labute approximate surface area is 152 Å². The Morgan fingerprint density at radius 3 is 2.69 bits per heavy atom. The number of carbonyl (C=O) groups is 3. The van der Waals surface area contributed by atoms with Crippen molar-refractivity contribution in [3.8, 4) is 0 Å². The maximum absolute atomic E-state index is 14.6. The molecule has 139 valence electrons. The maximum Gasteiger partial charge on any atom is 0.317 e. The SMILES string of the molecule is O=C(O)CN1CCC(c2ccc(N[Si]3CCC(=O)NC3=O)cc2F)CC1. The zero-order chi connectivity index (χ0) is 18.7. The van der Waals surface area contributed by atoms with Crippen LogP contribution in [0.4, 0.5) is 14.9 Å². The number of nitrogens with one attached hydrogen (secondary N) is 2. The van der Waals surface area contributed by atoms with Gasteiger partial charge in [0.2, 0.25) is 11.4 Å². The molecule has 1 aromatic carbocycles. The van der Waals surface area contributed by atoms with E-state index in [9.17, 15) is 18.8 Å². The van der Waals surface area contributed by atoms with Crippen molar-refractivity contribution in [1.29, 1.82) is 0 Å². The lowest BCUT2D eigenvalue weighted by Crippen LogP contribution is -2.49. The zero-order valence-corrected chi connectivity index (χ0v) is 15.3. The molecule has 2 heterocycles. The van der Waals surface area contributed by atoms with Gasteiger partial charge in [0.1, 0.15) is 5.82 Å². The number of hydrogen-bond donors (Lipinski definition) is 3. The van der Waals surface area contributed by atoms with Crippen LogP contribution in [0.3, 0.4) is 0 Å². The molecule has 2 saturated heterocycles. The second kappa shape index (κ2) is 7.96. The van der Waals surface area contributed by atoms with E-state index >= 15 is 0 Å². The topological polar surface area (TPSA) is 98.7 Å². The molecule has 3 rings (SSSR count). The van der Waals surface area contributed by atoms with Crippen LogP contribution < -0.4 is 10.3 Å². The summed E-state index contributed by atoms with van der Waals surface area (Å²) in [5.41, 5.74) is 0.889. The normalized spacial score (nSPS) is 20.0. The van der Waals surface area contributed by atoms with E-state index in [1.807, 2.05) is 4.90 Å². The molecule has 0 unspecified atom stereocenters. The van der Waals surface area contributed by atoms with Crippen LogP contribution in [0.5, 0.6) is 0 Å². The molecule has 0 aromatic heterocycles. The Morgan fingerprint density at radius 1 is 1.35 bits per heavy atom. The van der Waals surface area contributed by atoms with Crippen molar-refractivity contribution >= 4 is 32.1 Å². The summed E-state index contributed by atoms with van der Waals surface area (Å²) in [6.45, 7) is 1.29. The van der Waals surface area contributed by atoms with Crippen LogP contribution in [0.25, 0.3) is 0 Å². The molecule has 2 amide bonds. The van der Waals surface area contributed by atoms with Crippen LogP contribution in [-0.2, 0) is 9.59 Å². The number of amides is 2. The Hall–Kier alpha value is -2.26. The average Bonchev–Trinajstić information content (AvgIpc) is 2.58. The third-order valence-corrected chi connectivity index (χ3v) is 6.82. The van der Waals surface area contributed by atoms with Gasteiger partial charge in [-0.2, -0.15) is 0 Å². The number of benzene rings is 1. The average molecular weight is 378 g/mol. The highest BCUT2D eigenvalue weighted by Gasteiger charge is 2.30. The first-order valence-electron chi connectivity index (χ1n) is 8.63. The second-order valence-electron chi connectivity index (χ2n) is 6.66. The van der Waals surface area contributed by atoms with Crippen molar-refractivity contribution in [1.82, 2.24) is 10.2 Å². The van der Waals surface area contributed by atoms with Crippen LogP contribution in [0.2, 0.25) is 6.04 Å². The minimum Gasteiger partial charge on any atom is -0.480 e. The molecule has 26 heavy (non-hydrogen) atoms. The molecule has 9 heteroatoms. The van der Waals surface area contributed by atoms with Crippen LogP contribution in [0, 0.1) is 5.82 Å². The number of nitrogens with zero attached hydrogens (tertiary/aromatic N) is 1. The van der Waals surface area contributed by atoms with Crippen LogP contribution in [0.15, 0.2) is 18.2 Å². The molecular weight excluding hydrogens is 357 g/mol. The maximum atomic E-state index is 14.6. The number of imide groups is 1. The first-order chi connectivity index (χ1) is 12.4. The molecule has 2 fully saturated rings. The van der Waals surface area contributed by atoms with E-state index < -0.39 is 14.9 Å². The van der Waals surface area contributed by atoms with E-state index in [0.717, 1.165) is 12.8 Å². The summed E-state index contributed by atoms with van der Waals surface area (Å²) < 4.78 is 14.6. The van der Waals surface area contributed by atoms with Crippen molar-refractivity contribution in [3.63, 3.8) is 0 Å². The Balaban J connectivity index is 1.60. The van der Waals surface area contributed by atoms with E-state index in [-0.39, 0.29) is 29.7 Å². The third kappa shape index (κ3) is 4.47. The second-order valence-corrected chi connectivity index (χ2v) is 8.82. The van der Waals surface area contributed by atoms with Crippen molar-refractivity contribution in [2.75, 3.05) is 24.6 Å². The molecule has 7 nitrogen and oxygen atoms in total. The number of anilines is 1. The third-order valence-electron chi connectivity index (χ3n) is 4.81. The number of carboxylic acid groups (broad SMARTS) is 1. The number of aliphatic carboxylic acids is 1. The highest BCUT2D eigenvalue weighted by atomic mass is 28.3. The Bertz CT molecular complexity index is 722. The molecule has 0 atom stereocenters. The van der Waals surface area contributed by atoms with E-state index in [4.69, 9.17) is 5.11 Å². The first kappa shape index (κ1) is 18.5. The summed E-state index contributed by atoms with van der Waals surface area (Å²) in [4.78, 5) is 38.7. The predicted octanol–water partition coefficient (Wildman–Crippen LogP) is 1.71. The molecule has 0 bridgehead atoms. The summed E-state index contributed by atoms with van der Waals surface area (Å²) in [7, 11) is -1.63. The summed E-state index contributed by atoms with van der Waals surface area (Å²) in [6, 6.07) is 5.40. The lowest BCUT2D eigenvalue weighted by Gasteiger charge is -2.31. The van der Waals surface area contributed by atoms with E-state index in [0.29, 0.717) is 36.8 Å². The number of carboxylic acids is 1. The largest absolute Gasteiger partial charge is 0.480 e. The van der Waals surface area contributed by atoms with E-state index in [2.05, 4.69) is 10.3 Å². The minimum atomic E-state index is -1.63. The highest BCUT2D eigenvalue weighted by Crippen LogP contribution is 2.31. The molecule has 0 spiro atoms. The summed E-state index contributed by atoms with van der Waals surface area (Å²) in [5, 5.41) is 11.1. The smallest absolute Gasteiger partial charge is 0.317 e. The van der Waals surface area contributed by atoms with Gasteiger partial charge < -0.3 is 10.1 Å². The van der Waals surface area contributed by atoms with Crippen molar-refractivity contribution in [3.05, 3.63) is 29.6 Å². The molecule has 2 aliphatic heterocycles. The van der Waals surface area contributed by atoms with Crippen LogP contribution in [-0.4, -0.2) is 56.0 Å². The number of halogens is 1. The first-order valence-corrected chi connectivity index (χ1v) is 10.3. The van der Waals surface area contributed by atoms with Gasteiger partial charge in [0.05, 0.1) is 6.54 Å². The molecule has 1 radical (unpaired) electrons. The van der Waals surface area contributed by atoms with E-state index in [1.54, 1.807) is 12.1 Å². The standard InChI is InChI=1S/C17H21FN3O4Si/c18-14-9-12(20-26-8-5-15(22)19-17(26)25)1-2-13(14)11-3-6-21(7-4-11)10-16(23)24/h1-2,9,11,20H,3-8,10H2,(H,23,24)(H,19,22,25). The fourth-order valence-corrected chi connectivity index (χ4v) is 5.18. The van der Waals surface area contributed by atoms with Gasteiger partial charge in [0.25, 0.3) is 8.96 Å².